The van der Waals surface area contributed by atoms with E-state index in [4.69, 9.17) is 5.73 Å². The van der Waals surface area contributed by atoms with Crippen molar-refractivity contribution in [3.8, 4) is 0 Å². The molecule has 0 saturated heterocycles. The quantitative estimate of drug-likeness (QED) is 0.223. The molecule has 1 aromatic heterocycles. The standard InChI is InChI=1S/C29H31F6N7O2/c1-16(41-8-9-42-25(15-41)39-40-28(42)29(33,34)35)10-20(12-19-13-22(31)23(32)14-21(19)30)38-26(43)17(2)37-27(44)24(36)11-18-6-4-3-5-7-18/h3-7,13-14,17,20,24H,1,8-12,15,36H2,2H3,(H,37,44)(H,38,43)/t17?,20-,24?/m0/s1. The summed E-state index contributed by atoms with van der Waals surface area (Å²) in [4.78, 5) is 27.4. The Hall–Kier alpha value is -4.40. The number of nitrogens with one attached hydrogen (secondary N) is 2. The average Bonchev–Trinajstić information content (AvgIpc) is 3.40. The van der Waals surface area contributed by atoms with E-state index in [1.54, 1.807) is 29.2 Å². The van der Waals surface area contributed by atoms with Crippen LogP contribution in [0.5, 0.6) is 0 Å². The number of hydrogen-bond acceptors (Lipinski definition) is 6. The van der Waals surface area contributed by atoms with Gasteiger partial charge in [0.25, 0.3) is 0 Å². The Balaban J connectivity index is 1.45. The van der Waals surface area contributed by atoms with E-state index in [-0.39, 0.29) is 50.3 Å². The first-order chi connectivity index (χ1) is 20.7. The van der Waals surface area contributed by atoms with Gasteiger partial charge in [0.2, 0.25) is 17.6 Å². The lowest BCUT2D eigenvalue weighted by molar-refractivity contribution is -0.148. The first kappa shape index (κ1) is 32.5. The molecule has 1 aliphatic rings. The summed E-state index contributed by atoms with van der Waals surface area (Å²) in [6, 6.07) is 7.15. The Morgan fingerprint density at radius 3 is 2.34 bits per heavy atom. The zero-order valence-electron chi connectivity index (χ0n) is 23.7. The van der Waals surface area contributed by atoms with E-state index in [2.05, 4.69) is 27.4 Å². The van der Waals surface area contributed by atoms with Gasteiger partial charge in [-0.2, -0.15) is 13.2 Å². The van der Waals surface area contributed by atoms with Crippen LogP contribution in [0.15, 0.2) is 54.7 Å². The Kier molecular flexibility index (Phi) is 9.97. The minimum absolute atomic E-state index is 0.0430. The van der Waals surface area contributed by atoms with Gasteiger partial charge in [-0.05, 0) is 37.0 Å². The number of hydrogen-bond donors (Lipinski definition) is 3. The van der Waals surface area contributed by atoms with Gasteiger partial charge in [-0.25, -0.2) is 13.2 Å². The molecule has 15 heteroatoms. The van der Waals surface area contributed by atoms with Crippen molar-refractivity contribution in [2.75, 3.05) is 6.54 Å². The van der Waals surface area contributed by atoms with Crippen LogP contribution >= 0.6 is 0 Å². The normalized spacial score (nSPS) is 15.2. The molecule has 4 N–H and O–H groups in total. The van der Waals surface area contributed by atoms with Crippen LogP contribution in [0.4, 0.5) is 26.3 Å². The lowest BCUT2D eigenvalue weighted by Gasteiger charge is -2.33. The van der Waals surface area contributed by atoms with Crippen LogP contribution < -0.4 is 16.4 Å². The number of amides is 2. The van der Waals surface area contributed by atoms with E-state index in [1.165, 1.54) is 6.92 Å². The molecule has 44 heavy (non-hydrogen) atoms. The highest BCUT2D eigenvalue weighted by molar-refractivity contribution is 5.89. The molecule has 2 heterocycles. The number of carbonyl (C=O) groups is 2. The number of halogens is 6. The molecule has 0 spiro atoms. The topological polar surface area (TPSA) is 118 Å². The monoisotopic (exact) mass is 623 g/mol. The Morgan fingerprint density at radius 1 is 0.977 bits per heavy atom. The fourth-order valence-electron chi connectivity index (χ4n) is 4.88. The summed E-state index contributed by atoms with van der Waals surface area (Å²) in [5.74, 6) is -6.01. The summed E-state index contributed by atoms with van der Waals surface area (Å²) in [6.07, 6.45) is -4.78. The molecule has 2 unspecified atom stereocenters. The van der Waals surface area contributed by atoms with Crippen LogP contribution in [0.25, 0.3) is 0 Å². The summed E-state index contributed by atoms with van der Waals surface area (Å²) in [7, 11) is 0. The van der Waals surface area contributed by atoms with Crippen molar-refractivity contribution in [3.05, 3.63) is 95.0 Å². The number of nitrogens with zero attached hydrogens (tertiary/aromatic N) is 4. The summed E-state index contributed by atoms with van der Waals surface area (Å²) in [5.41, 5.74) is 6.97. The molecule has 0 fully saturated rings. The van der Waals surface area contributed by atoms with E-state index < -0.39 is 59.4 Å². The zero-order chi connectivity index (χ0) is 32.2. The highest BCUT2D eigenvalue weighted by Crippen LogP contribution is 2.30. The van der Waals surface area contributed by atoms with Crippen LogP contribution in [0.1, 0.15) is 36.1 Å². The van der Waals surface area contributed by atoms with Crippen molar-refractivity contribution >= 4 is 11.8 Å². The number of benzene rings is 2. The predicted octanol–water partition coefficient (Wildman–Crippen LogP) is 3.24. The van der Waals surface area contributed by atoms with Crippen LogP contribution in [0, 0.1) is 17.5 Å². The smallest absolute Gasteiger partial charge is 0.366 e. The molecular formula is C29H31F6N7O2. The van der Waals surface area contributed by atoms with Crippen molar-refractivity contribution in [1.29, 1.82) is 0 Å². The Labute approximate surface area is 249 Å². The fraction of sp³-hybridized carbons (Fsp3) is 0.379. The van der Waals surface area contributed by atoms with Crippen LogP contribution in [-0.2, 0) is 41.7 Å². The van der Waals surface area contributed by atoms with E-state index in [1.807, 2.05) is 6.07 Å². The van der Waals surface area contributed by atoms with E-state index in [0.29, 0.717) is 17.8 Å². The molecule has 0 saturated carbocycles. The van der Waals surface area contributed by atoms with E-state index in [9.17, 15) is 35.9 Å². The molecular weight excluding hydrogens is 592 g/mol. The van der Waals surface area contributed by atoms with E-state index in [0.717, 1.165) is 10.1 Å². The van der Waals surface area contributed by atoms with Gasteiger partial charge in [-0.3, -0.25) is 9.59 Å². The van der Waals surface area contributed by atoms with Gasteiger partial charge in [0.05, 0.1) is 12.6 Å². The largest absolute Gasteiger partial charge is 0.451 e. The first-order valence-electron chi connectivity index (χ1n) is 13.7. The van der Waals surface area contributed by atoms with Gasteiger partial charge in [-0.1, -0.05) is 36.9 Å². The second-order valence-corrected chi connectivity index (χ2v) is 10.6. The molecule has 0 radical (unpaired) electrons. The summed E-state index contributed by atoms with van der Waals surface area (Å²) in [6.45, 7) is 5.37. The Bertz CT molecular complexity index is 1510. The van der Waals surface area contributed by atoms with Crippen LogP contribution in [0.2, 0.25) is 0 Å². The SMILES string of the molecule is C=C(C[C@@H](Cc1cc(F)c(F)cc1F)NC(=O)C(C)NC(=O)C(N)Cc1ccccc1)N1CCn2c(nnc2C(F)(F)F)C1. The number of aromatic nitrogens is 3. The highest BCUT2D eigenvalue weighted by Gasteiger charge is 2.39. The maximum Gasteiger partial charge on any atom is 0.451 e. The van der Waals surface area contributed by atoms with Crippen molar-refractivity contribution in [1.82, 2.24) is 30.3 Å². The third-order valence-corrected chi connectivity index (χ3v) is 7.23. The number of fused-ring (bicyclic) bond motifs is 1. The molecule has 2 amide bonds. The molecule has 1 aliphatic heterocycles. The van der Waals surface area contributed by atoms with Crippen molar-refractivity contribution < 1.29 is 35.9 Å². The Morgan fingerprint density at radius 2 is 1.66 bits per heavy atom. The average molecular weight is 624 g/mol. The summed E-state index contributed by atoms with van der Waals surface area (Å²) >= 11 is 0. The highest BCUT2D eigenvalue weighted by atomic mass is 19.4. The van der Waals surface area contributed by atoms with Gasteiger partial charge in [0.15, 0.2) is 17.5 Å². The molecule has 9 nitrogen and oxygen atoms in total. The number of nitrogens with two attached hydrogens (primary N) is 1. The molecule has 2 aromatic carbocycles. The van der Waals surface area contributed by atoms with Crippen molar-refractivity contribution in [3.63, 3.8) is 0 Å². The lowest BCUT2D eigenvalue weighted by Crippen LogP contribution is -2.53. The first-order valence-corrected chi connectivity index (χ1v) is 13.7. The molecule has 0 aliphatic carbocycles. The predicted molar refractivity (Wildman–Crippen MR) is 147 cm³/mol. The van der Waals surface area contributed by atoms with Gasteiger partial charge < -0.3 is 25.8 Å². The molecule has 4 rings (SSSR count). The van der Waals surface area contributed by atoms with Crippen LogP contribution in [0.3, 0.4) is 0 Å². The summed E-state index contributed by atoms with van der Waals surface area (Å²) in [5, 5.41) is 12.1. The maximum atomic E-state index is 14.5. The van der Waals surface area contributed by atoms with Gasteiger partial charge in [0, 0.05) is 37.3 Å². The molecule has 0 bridgehead atoms. The van der Waals surface area contributed by atoms with Gasteiger partial charge in [0.1, 0.15) is 11.9 Å². The molecule has 236 valence electrons. The minimum atomic E-state index is -4.67. The third kappa shape index (κ3) is 7.95. The van der Waals surface area contributed by atoms with Gasteiger partial charge >= 0.3 is 6.18 Å². The maximum absolute atomic E-state index is 14.5. The lowest BCUT2D eigenvalue weighted by atomic mass is 10.00. The second-order valence-electron chi connectivity index (χ2n) is 10.6. The number of alkyl halides is 3. The van der Waals surface area contributed by atoms with Crippen molar-refractivity contribution in [2.45, 2.75) is 63.6 Å². The van der Waals surface area contributed by atoms with Crippen LogP contribution in [-0.4, -0.2) is 56.1 Å². The minimum Gasteiger partial charge on any atom is -0.366 e. The molecule has 3 atom stereocenters. The second kappa shape index (κ2) is 13.5. The molecule has 3 aromatic rings. The third-order valence-electron chi connectivity index (χ3n) is 7.23. The number of carbonyl (C=O) groups excluding carboxylic acids is 2. The van der Waals surface area contributed by atoms with E-state index >= 15 is 0 Å². The summed E-state index contributed by atoms with van der Waals surface area (Å²) < 4.78 is 82.7. The van der Waals surface area contributed by atoms with Crippen molar-refractivity contribution in [2.24, 2.45) is 5.73 Å². The zero-order valence-corrected chi connectivity index (χ0v) is 23.7. The number of rotatable bonds is 11. The fourth-order valence-corrected chi connectivity index (χ4v) is 4.88. The van der Waals surface area contributed by atoms with Gasteiger partial charge in [-0.15, -0.1) is 10.2 Å².